The van der Waals surface area contributed by atoms with Gasteiger partial charge in [0.2, 0.25) is 5.91 Å². The number of hydrogen-bond acceptors (Lipinski definition) is 3. The normalized spacial score (nSPS) is 15.5. The first kappa shape index (κ1) is 25.8. The highest BCUT2D eigenvalue weighted by molar-refractivity contribution is 5.99. The molecule has 1 aliphatic heterocycles. The topological polar surface area (TPSA) is 46.6 Å². The number of rotatable bonds is 7. The zero-order chi connectivity index (χ0) is 25.4. The third-order valence-electron chi connectivity index (χ3n) is 6.20. The summed E-state index contributed by atoms with van der Waals surface area (Å²) in [7, 11) is 0. The fourth-order valence-corrected chi connectivity index (χ4v) is 4.54. The molecule has 0 spiro atoms. The van der Waals surface area contributed by atoms with Crippen LogP contribution in [0, 0.1) is 6.92 Å². The number of carbonyl (C=O) groups excluding carboxylic acids is 2. The minimum absolute atomic E-state index is 0.0195. The molecule has 0 aromatic heterocycles. The maximum Gasteiger partial charge on any atom is 0.422 e. The lowest BCUT2D eigenvalue weighted by molar-refractivity contribution is -0.153. The Bertz CT molecular complexity index is 1100. The van der Waals surface area contributed by atoms with E-state index in [1.807, 2.05) is 46.8 Å². The molecule has 0 N–H and O–H groups in total. The lowest BCUT2D eigenvalue weighted by Crippen LogP contribution is -2.45. The summed E-state index contributed by atoms with van der Waals surface area (Å²) < 4.78 is 44.0. The molecule has 3 rings (SSSR count). The van der Waals surface area contributed by atoms with Gasteiger partial charge in [0, 0.05) is 35.5 Å². The van der Waals surface area contributed by atoms with Gasteiger partial charge in [-0.15, -0.1) is 0 Å². The fraction of sp³-hybridized carbons (Fsp3) is 0.481. The maximum atomic E-state index is 13.0. The molecule has 0 atom stereocenters. The number of carbonyl (C=O) groups is 2. The molecule has 1 aliphatic rings. The maximum absolute atomic E-state index is 13.0. The van der Waals surface area contributed by atoms with Crippen molar-refractivity contribution in [1.82, 2.24) is 0 Å². The molecule has 1 heterocycles. The van der Waals surface area contributed by atoms with Crippen LogP contribution in [0.1, 0.15) is 64.2 Å². The number of alkyl halides is 3. The summed E-state index contributed by atoms with van der Waals surface area (Å²) in [5.41, 5.74) is 4.38. The Morgan fingerprint density at radius 2 is 1.82 bits per heavy atom. The van der Waals surface area contributed by atoms with Crippen LogP contribution in [0.2, 0.25) is 0 Å². The highest BCUT2D eigenvalue weighted by atomic mass is 19.4. The van der Waals surface area contributed by atoms with Gasteiger partial charge in [0.25, 0.3) is 0 Å². The van der Waals surface area contributed by atoms with Crippen LogP contribution < -0.4 is 9.64 Å². The van der Waals surface area contributed by atoms with Crippen molar-refractivity contribution >= 4 is 17.4 Å². The summed E-state index contributed by atoms with van der Waals surface area (Å²) >= 11 is 0. The van der Waals surface area contributed by atoms with Crippen LogP contribution in [0.5, 0.6) is 5.75 Å². The predicted octanol–water partition coefficient (Wildman–Crippen LogP) is 6.55. The SMILES string of the molecule is CC(=O)CCc1ccc(OCC(F)(F)F)c(-c2cc3c(cc2C)C(C)(C)CC(=O)N3C(C)C)c1. The number of fused-ring (bicyclic) bond motifs is 1. The lowest BCUT2D eigenvalue weighted by atomic mass is 9.75. The Morgan fingerprint density at radius 3 is 2.41 bits per heavy atom. The molecule has 1 amide bonds. The first-order valence-electron chi connectivity index (χ1n) is 11.5. The number of ketones is 1. The van der Waals surface area contributed by atoms with Crippen LogP contribution in [0.15, 0.2) is 30.3 Å². The molecule has 34 heavy (non-hydrogen) atoms. The minimum Gasteiger partial charge on any atom is -0.483 e. The van der Waals surface area contributed by atoms with Gasteiger partial charge in [0.05, 0.1) is 0 Å². The first-order chi connectivity index (χ1) is 15.7. The Kier molecular flexibility index (Phi) is 7.15. The average Bonchev–Trinajstić information content (AvgIpc) is 2.70. The number of amides is 1. The van der Waals surface area contributed by atoms with E-state index in [2.05, 4.69) is 0 Å². The Balaban J connectivity index is 2.19. The van der Waals surface area contributed by atoms with Crippen LogP contribution in [0.3, 0.4) is 0 Å². The highest BCUT2D eigenvalue weighted by Gasteiger charge is 2.38. The third-order valence-corrected chi connectivity index (χ3v) is 6.20. The van der Waals surface area contributed by atoms with E-state index < -0.39 is 12.8 Å². The number of Topliss-reactive ketones (excluding diaryl/α,β-unsaturated/α-hetero) is 1. The second-order valence-electron chi connectivity index (χ2n) is 10.0. The molecule has 2 aromatic carbocycles. The number of aryl methyl sites for hydroxylation is 2. The van der Waals surface area contributed by atoms with E-state index in [0.717, 1.165) is 22.4 Å². The van der Waals surface area contributed by atoms with Gasteiger partial charge in [-0.3, -0.25) is 4.79 Å². The third kappa shape index (κ3) is 5.62. The van der Waals surface area contributed by atoms with Crippen molar-refractivity contribution in [2.75, 3.05) is 11.5 Å². The second-order valence-corrected chi connectivity index (χ2v) is 10.0. The zero-order valence-electron chi connectivity index (χ0n) is 20.6. The first-order valence-corrected chi connectivity index (χ1v) is 11.5. The Labute approximate surface area is 199 Å². The van der Waals surface area contributed by atoms with Crippen LogP contribution in [0.25, 0.3) is 11.1 Å². The van der Waals surface area contributed by atoms with Crippen molar-refractivity contribution in [2.24, 2.45) is 0 Å². The van der Waals surface area contributed by atoms with Gasteiger partial charge < -0.3 is 14.4 Å². The van der Waals surface area contributed by atoms with E-state index >= 15 is 0 Å². The predicted molar refractivity (Wildman–Crippen MR) is 127 cm³/mol. The molecule has 2 aromatic rings. The van der Waals surface area contributed by atoms with E-state index in [0.29, 0.717) is 30.4 Å². The van der Waals surface area contributed by atoms with E-state index in [4.69, 9.17) is 4.74 Å². The van der Waals surface area contributed by atoms with Gasteiger partial charge in [-0.1, -0.05) is 26.0 Å². The summed E-state index contributed by atoms with van der Waals surface area (Å²) in [5, 5.41) is 0. The number of halogens is 3. The fourth-order valence-electron chi connectivity index (χ4n) is 4.54. The number of anilines is 1. The summed E-state index contributed by atoms with van der Waals surface area (Å²) in [6.45, 7) is 9.97. The average molecular weight is 476 g/mol. The van der Waals surface area contributed by atoms with Crippen molar-refractivity contribution in [3.63, 3.8) is 0 Å². The van der Waals surface area contributed by atoms with Gasteiger partial charge in [-0.25, -0.2) is 0 Å². The van der Waals surface area contributed by atoms with Crippen LogP contribution in [-0.4, -0.2) is 30.5 Å². The minimum atomic E-state index is -4.47. The standard InChI is InChI=1S/C27H32F3NO3/c1-16(2)31-23-13-20(17(3)11-22(23)26(5,6)14-25(31)33)21-12-19(8-7-18(4)32)9-10-24(21)34-15-27(28,29)30/h9-13,16H,7-8,14-15H2,1-6H3. The second kappa shape index (κ2) is 9.43. The molecule has 0 saturated carbocycles. The molecule has 0 bridgehead atoms. The van der Waals surface area contributed by atoms with Gasteiger partial charge in [0.15, 0.2) is 6.61 Å². The van der Waals surface area contributed by atoms with Gasteiger partial charge in [-0.2, -0.15) is 13.2 Å². The van der Waals surface area contributed by atoms with Crippen molar-refractivity contribution in [2.45, 2.75) is 78.4 Å². The molecule has 4 nitrogen and oxygen atoms in total. The van der Waals surface area contributed by atoms with Crippen molar-refractivity contribution < 1.29 is 27.5 Å². The quantitative estimate of drug-likeness (QED) is 0.456. The van der Waals surface area contributed by atoms with Crippen molar-refractivity contribution in [3.05, 3.63) is 47.0 Å². The highest BCUT2D eigenvalue weighted by Crippen LogP contribution is 2.45. The van der Waals surface area contributed by atoms with Gasteiger partial charge in [0.1, 0.15) is 11.5 Å². The molecular weight excluding hydrogens is 443 g/mol. The largest absolute Gasteiger partial charge is 0.483 e. The number of hydrogen-bond donors (Lipinski definition) is 0. The van der Waals surface area contributed by atoms with E-state index in [1.54, 1.807) is 17.0 Å². The molecule has 0 fully saturated rings. The number of benzene rings is 2. The number of ether oxygens (including phenoxy) is 1. The molecular formula is C27H32F3NO3. The zero-order valence-corrected chi connectivity index (χ0v) is 20.6. The summed E-state index contributed by atoms with van der Waals surface area (Å²) in [5.74, 6) is 0.174. The molecule has 184 valence electrons. The molecule has 0 unspecified atom stereocenters. The Hall–Kier alpha value is -2.83. The monoisotopic (exact) mass is 475 g/mol. The lowest BCUT2D eigenvalue weighted by Gasteiger charge is -2.41. The van der Waals surface area contributed by atoms with E-state index in [-0.39, 0.29) is 28.9 Å². The van der Waals surface area contributed by atoms with Gasteiger partial charge in [-0.05, 0) is 74.6 Å². The molecule has 7 heteroatoms. The molecule has 0 aliphatic carbocycles. The Morgan fingerprint density at radius 1 is 1.15 bits per heavy atom. The number of nitrogens with zero attached hydrogens (tertiary/aromatic N) is 1. The van der Waals surface area contributed by atoms with E-state index in [9.17, 15) is 22.8 Å². The molecule has 0 radical (unpaired) electrons. The van der Waals surface area contributed by atoms with Crippen LogP contribution in [0.4, 0.5) is 18.9 Å². The van der Waals surface area contributed by atoms with Crippen molar-refractivity contribution in [1.29, 1.82) is 0 Å². The summed E-state index contributed by atoms with van der Waals surface area (Å²) in [6.07, 6.45) is -3.26. The van der Waals surface area contributed by atoms with Crippen LogP contribution >= 0.6 is 0 Å². The van der Waals surface area contributed by atoms with E-state index in [1.165, 1.54) is 13.0 Å². The van der Waals surface area contributed by atoms with Crippen molar-refractivity contribution in [3.8, 4) is 16.9 Å². The van der Waals surface area contributed by atoms with Crippen LogP contribution in [-0.2, 0) is 21.4 Å². The molecule has 0 saturated heterocycles. The van der Waals surface area contributed by atoms with Gasteiger partial charge >= 0.3 is 6.18 Å². The summed E-state index contributed by atoms with van der Waals surface area (Å²) in [4.78, 5) is 26.2. The summed E-state index contributed by atoms with van der Waals surface area (Å²) in [6, 6.07) is 8.87. The smallest absolute Gasteiger partial charge is 0.422 e.